The van der Waals surface area contributed by atoms with Gasteiger partial charge in [0.05, 0.1) is 22.3 Å². The molecule has 18 heteroatoms. The standard InChI is InChI=1S/C26H4F16O2/c27-4-1-5(28)16(34)12(15(4)33)25(13-17(35)6(29)2-7(30)18(13)36)10-11(22(40)24(42)23(41)21(10)39)26(43,44-25)14-19(37)8(31)3-9(32)20(14)38/h1-3,43H. The summed E-state index contributed by atoms with van der Waals surface area (Å²) in [5, 5.41) is 11.2. The normalized spacial score (nSPS) is 17.4. The van der Waals surface area contributed by atoms with Gasteiger partial charge in [0.15, 0.2) is 98.7 Å². The summed E-state index contributed by atoms with van der Waals surface area (Å²) in [5.41, 5.74) is -19.1. The first-order chi connectivity index (χ1) is 20.3. The van der Waals surface area contributed by atoms with Crippen LogP contribution < -0.4 is 0 Å². The molecule has 1 heterocycles. The molecule has 0 saturated carbocycles. The molecule has 4 aromatic carbocycles. The van der Waals surface area contributed by atoms with Crippen molar-refractivity contribution in [3.05, 3.63) is 139 Å². The highest BCUT2D eigenvalue weighted by Crippen LogP contribution is 2.60. The van der Waals surface area contributed by atoms with Crippen LogP contribution in [0, 0.1) is 93.1 Å². The van der Waals surface area contributed by atoms with E-state index in [1.165, 1.54) is 0 Å². The lowest BCUT2D eigenvalue weighted by Crippen LogP contribution is -2.40. The second-order valence-corrected chi connectivity index (χ2v) is 8.96. The van der Waals surface area contributed by atoms with Crippen LogP contribution in [-0.2, 0) is 16.1 Å². The van der Waals surface area contributed by atoms with Crippen LogP contribution in [0.5, 0.6) is 0 Å². The fourth-order valence-corrected chi connectivity index (χ4v) is 4.89. The van der Waals surface area contributed by atoms with Gasteiger partial charge >= 0.3 is 0 Å². The molecule has 0 saturated heterocycles. The van der Waals surface area contributed by atoms with Gasteiger partial charge in [-0.2, -0.15) is 0 Å². The van der Waals surface area contributed by atoms with E-state index < -0.39 is 150 Å². The quantitative estimate of drug-likeness (QED) is 0.142. The van der Waals surface area contributed by atoms with E-state index in [2.05, 4.69) is 4.74 Å². The lowest BCUT2D eigenvalue weighted by atomic mass is 9.77. The van der Waals surface area contributed by atoms with Crippen LogP contribution in [0.2, 0.25) is 0 Å². The Hall–Kier alpha value is -4.32. The van der Waals surface area contributed by atoms with Crippen molar-refractivity contribution in [2.75, 3.05) is 0 Å². The Bertz CT molecular complexity index is 1800. The molecule has 232 valence electrons. The molecule has 4 aromatic rings. The molecule has 0 spiro atoms. The molecule has 1 N–H and O–H groups in total. The third-order valence-electron chi connectivity index (χ3n) is 6.64. The van der Waals surface area contributed by atoms with Gasteiger partial charge in [-0.1, -0.05) is 0 Å². The van der Waals surface area contributed by atoms with Gasteiger partial charge in [0, 0.05) is 23.8 Å². The van der Waals surface area contributed by atoms with E-state index in [9.17, 15) is 49.0 Å². The number of aliphatic hydroxyl groups is 1. The highest BCUT2D eigenvalue weighted by molar-refractivity contribution is 5.60. The van der Waals surface area contributed by atoms with Crippen molar-refractivity contribution in [2.24, 2.45) is 0 Å². The molecule has 2 nitrogen and oxygen atoms in total. The second kappa shape index (κ2) is 9.85. The van der Waals surface area contributed by atoms with Crippen LogP contribution in [0.15, 0.2) is 18.2 Å². The Morgan fingerprint density at radius 2 is 0.614 bits per heavy atom. The van der Waals surface area contributed by atoms with Crippen LogP contribution >= 0.6 is 0 Å². The predicted octanol–water partition coefficient (Wildman–Crippen LogP) is 7.43. The third kappa shape index (κ3) is 3.79. The third-order valence-corrected chi connectivity index (χ3v) is 6.64. The predicted molar refractivity (Wildman–Crippen MR) is 109 cm³/mol. The molecular weight excluding hydrogens is 648 g/mol. The Morgan fingerprint density at radius 1 is 0.341 bits per heavy atom. The first-order valence-electron chi connectivity index (χ1n) is 11.1. The SMILES string of the molecule is OC1(c2c(F)c(F)cc(F)c2F)OC(c2c(F)c(F)cc(F)c2F)(c2c(F)c(F)cc(F)c2F)c2c(F)c(F)c(F)c(F)c21. The first-order valence-corrected chi connectivity index (χ1v) is 11.1. The highest BCUT2D eigenvalue weighted by Gasteiger charge is 2.66. The maximum absolute atomic E-state index is 15.6. The van der Waals surface area contributed by atoms with Gasteiger partial charge < -0.3 is 9.84 Å². The molecule has 1 aliphatic heterocycles. The minimum Gasteiger partial charge on any atom is -0.358 e. The molecule has 44 heavy (non-hydrogen) atoms. The fourth-order valence-electron chi connectivity index (χ4n) is 4.89. The molecule has 0 aromatic heterocycles. The minimum absolute atomic E-state index is 0.592. The minimum atomic E-state index is -5.10. The number of benzene rings is 4. The molecule has 5 rings (SSSR count). The van der Waals surface area contributed by atoms with Gasteiger partial charge in [0.2, 0.25) is 5.79 Å². The maximum atomic E-state index is 15.6. The molecule has 0 aliphatic carbocycles. The van der Waals surface area contributed by atoms with E-state index in [-0.39, 0.29) is 0 Å². The van der Waals surface area contributed by atoms with E-state index in [1.807, 2.05) is 0 Å². The molecule has 0 fully saturated rings. The van der Waals surface area contributed by atoms with Gasteiger partial charge in [-0.25, -0.2) is 70.2 Å². The second-order valence-electron chi connectivity index (χ2n) is 8.96. The number of fused-ring (bicyclic) bond motifs is 1. The van der Waals surface area contributed by atoms with Crippen LogP contribution in [0.3, 0.4) is 0 Å². The van der Waals surface area contributed by atoms with Gasteiger partial charge in [-0.05, 0) is 0 Å². The molecule has 1 aliphatic rings. The Morgan fingerprint density at radius 3 is 0.932 bits per heavy atom. The van der Waals surface area contributed by atoms with Crippen molar-refractivity contribution in [2.45, 2.75) is 11.4 Å². The zero-order chi connectivity index (χ0) is 33.0. The lowest BCUT2D eigenvalue weighted by molar-refractivity contribution is -0.216. The van der Waals surface area contributed by atoms with Crippen LogP contribution in [0.1, 0.15) is 27.8 Å². The van der Waals surface area contributed by atoms with E-state index >= 15 is 26.3 Å². The van der Waals surface area contributed by atoms with Gasteiger partial charge in [0.25, 0.3) is 0 Å². The van der Waals surface area contributed by atoms with Crippen LogP contribution in [-0.4, -0.2) is 5.11 Å². The number of ether oxygens (including phenoxy) is 1. The highest BCUT2D eigenvalue weighted by atomic mass is 19.2. The van der Waals surface area contributed by atoms with Gasteiger partial charge in [-0.15, -0.1) is 0 Å². The molecule has 0 bridgehead atoms. The molecule has 1 atom stereocenters. The Balaban J connectivity index is 2.19. The Kier molecular flexibility index (Phi) is 6.96. The zero-order valence-electron chi connectivity index (χ0n) is 20.1. The summed E-state index contributed by atoms with van der Waals surface area (Å²) in [6, 6.07) is -1.88. The summed E-state index contributed by atoms with van der Waals surface area (Å²) < 4.78 is 242. The van der Waals surface area contributed by atoms with Crippen molar-refractivity contribution in [3.63, 3.8) is 0 Å². The van der Waals surface area contributed by atoms with Crippen molar-refractivity contribution >= 4 is 0 Å². The van der Waals surface area contributed by atoms with Crippen molar-refractivity contribution < 1.29 is 80.1 Å². The van der Waals surface area contributed by atoms with E-state index in [0.717, 1.165) is 0 Å². The Labute approximate surface area is 231 Å². The topological polar surface area (TPSA) is 29.5 Å². The number of hydrogen-bond acceptors (Lipinski definition) is 2. The summed E-state index contributed by atoms with van der Waals surface area (Å²) in [4.78, 5) is 0. The summed E-state index contributed by atoms with van der Waals surface area (Å²) in [5.74, 6) is -50.9. The smallest absolute Gasteiger partial charge is 0.230 e. The molecule has 1 unspecified atom stereocenters. The average molecular weight is 652 g/mol. The maximum Gasteiger partial charge on any atom is 0.230 e. The van der Waals surface area contributed by atoms with Crippen molar-refractivity contribution in [3.8, 4) is 0 Å². The summed E-state index contributed by atoms with van der Waals surface area (Å²) >= 11 is 0. The largest absolute Gasteiger partial charge is 0.358 e. The lowest BCUT2D eigenvalue weighted by Gasteiger charge is -2.35. The first kappa shape index (κ1) is 31.1. The monoisotopic (exact) mass is 652 g/mol. The zero-order valence-corrected chi connectivity index (χ0v) is 20.1. The summed E-state index contributed by atoms with van der Waals surface area (Å²) in [7, 11) is 0. The summed E-state index contributed by atoms with van der Waals surface area (Å²) in [6.45, 7) is 0. The van der Waals surface area contributed by atoms with E-state index in [0.29, 0.717) is 0 Å². The average Bonchev–Trinajstić information content (AvgIpc) is 3.22. The van der Waals surface area contributed by atoms with Gasteiger partial charge in [-0.3, -0.25) is 0 Å². The molecular formula is C26H4F16O2. The number of hydrogen-bond donors (Lipinski definition) is 1. The molecule has 0 radical (unpaired) electrons. The van der Waals surface area contributed by atoms with Crippen molar-refractivity contribution in [1.82, 2.24) is 0 Å². The number of halogens is 16. The van der Waals surface area contributed by atoms with Crippen LogP contribution in [0.25, 0.3) is 0 Å². The van der Waals surface area contributed by atoms with E-state index in [1.54, 1.807) is 0 Å². The van der Waals surface area contributed by atoms with Crippen LogP contribution in [0.4, 0.5) is 70.2 Å². The molecule has 0 amide bonds. The summed E-state index contributed by atoms with van der Waals surface area (Å²) in [6.07, 6.45) is 0. The van der Waals surface area contributed by atoms with Crippen molar-refractivity contribution in [1.29, 1.82) is 0 Å². The number of rotatable bonds is 3. The van der Waals surface area contributed by atoms with E-state index in [4.69, 9.17) is 0 Å². The fraction of sp³-hybridized carbons (Fsp3) is 0.0769. The van der Waals surface area contributed by atoms with Gasteiger partial charge in [0.1, 0.15) is 0 Å².